The second-order valence-electron chi connectivity index (χ2n) is 21.6. The van der Waals surface area contributed by atoms with Crippen molar-refractivity contribution in [2.45, 2.75) is 85.1 Å². The number of rotatable bonds is 27. The summed E-state index contributed by atoms with van der Waals surface area (Å²) in [6, 6.07) is 0. The van der Waals surface area contributed by atoms with Gasteiger partial charge in [0.2, 0.25) is 38.7 Å². The van der Waals surface area contributed by atoms with Gasteiger partial charge in [0.15, 0.2) is 0 Å². The van der Waals surface area contributed by atoms with E-state index in [4.69, 9.17) is 146 Å². The van der Waals surface area contributed by atoms with Crippen molar-refractivity contribution in [2.24, 2.45) is 0 Å². The van der Waals surface area contributed by atoms with Crippen LogP contribution in [0.3, 0.4) is 0 Å². The van der Waals surface area contributed by atoms with Gasteiger partial charge in [-0.25, -0.2) is 0 Å². The molecule has 0 aromatic rings. The van der Waals surface area contributed by atoms with Crippen LogP contribution in [0.4, 0.5) is 0 Å². The SMILES string of the molecule is CCCN(C)C(P(=O)(O)O)P(=O)(O)O.CCCN(CCC)C(P(=O)(O)O)P(=O)(O)O.CN(C)C(P(=O)(O)O)P(=O)(O)O.O=P(O)(O)C(N1CCCOC1)P(=O)(O)O.O=P(O)(O)C(N1CCNC1)P(=O)(O)O.O=P(O)(O)C(N1CCOCC1)P(=O)(O)O.O=P(O)(O)C(N1CCSCC1)P(=O)(O)O. The Labute approximate surface area is 582 Å². The van der Waals surface area contributed by atoms with Gasteiger partial charge in [-0.15, -0.1) is 0 Å². The summed E-state index contributed by atoms with van der Waals surface area (Å²) in [5, 5.41) is 2.74. The highest BCUT2D eigenvalue weighted by atomic mass is 32.2. The predicted molar refractivity (Wildman–Crippen MR) is 357 cm³/mol. The van der Waals surface area contributed by atoms with E-state index in [1.807, 2.05) is 0 Å². The first kappa shape index (κ1) is 107. The number of thioether (sulfide) groups is 1. The highest BCUT2D eigenvalue weighted by Gasteiger charge is 2.53. The Morgan fingerprint density at radius 1 is 0.347 bits per heavy atom. The Morgan fingerprint density at radius 2 is 0.644 bits per heavy atom. The molecule has 4 fully saturated rings. The Bertz CT molecular complexity index is 2870. The monoisotopic (exact) mass is 1790 g/mol. The molecule has 4 saturated heterocycles. The van der Waals surface area contributed by atoms with Crippen molar-refractivity contribution in [1.82, 2.24) is 39.6 Å². The fourth-order valence-corrected chi connectivity index (χ4v) is 29.9. The molecular weight excluding hydrogens is 1690 g/mol. The van der Waals surface area contributed by atoms with Crippen LogP contribution in [0.15, 0.2) is 0 Å². The molecule has 4 rings (SSSR count). The minimum Gasteiger partial charge on any atom is -0.379 e. The number of hydrogen-bond donors (Lipinski definition) is 29. The highest BCUT2D eigenvalue weighted by Crippen LogP contribution is 2.66. The van der Waals surface area contributed by atoms with Gasteiger partial charge < -0.3 is 152 Å². The molecule has 0 unspecified atom stereocenters. The lowest BCUT2D eigenvalue weighted by atomic mass is 10.4. The summed E-state index contributed by atoms with van der Waals surface area (Å²) in [6.07, 6.45) is 2.16. The Kier molecular flexibility index (Phi) is 47.2. The van der Waals surface area contributed by atoms with Crippen molar-refractivity contribution in [3.63, 3.8) is 0 Å². The molecule has 52 nitrogen and oxygen atoms in total. The van der Waals surface area contributed by atoms with Crippen LogP contribution >= 0.6 is 118 Å². The average Bonchev–Trinajstić information content (AvgIpc) is 1.47. The molecule has 0 aromatic heterocycles. The van der Waals surface area contributed by atoms with Gasteiger partial charge in [-0.05, 0) is 66.5 Å². The third kappa shape index (κ3) is 43.0. The van der Waals surface area contributed by atoms with E-state index < -0.39 is 145 Å². The lowest BCUT2D eigenvalue weighted by Crippen LogP contribution is -2.43. The molecule has 4 aliphatic rings. The second kappa shape index (κ2) is 44.5. The molecule has 0 amide bonds. The highest BCUT2D eigenvalue weighted by molar-refractivity contribution is 7.99. The molecule has 0 saturated carbocycles. The molecule has 67 heteroatoms. The van der Waals surface area contributed by atoms with E-state index >= 15 is 0 Å². The van der Waals surface area contributed by atoms with E-state index in [1.165, 1.54) is 30.9 Å². The van der Waals surface area contributed by atoms with Crippen LogP contribution in [0, 0.1) is 0 Å². The fourth-order valence-electron chi connectivity index (χ4n) is 9.14. The van der Waals surface area contributed by atoms with Crippen LogP contribution in [-0.2, 0) is 73.4 Å². The van der Waals surface area contributed by atoms with Crippen LogP contribution in [0.5, 0.6) is 0 Å². The molecule has 0 atom stereocenters. The van der Waals surface area contributed by atoms with E-state index in [-0.39, 0.29) is 85.5 Å². The van der Waals surface area contributed by atoms with Gasteiger partial charge in [-0.3, -0.25) is 98.2 Å². The molecule has 0 radical (unpaired) electrons. The maximum absolute atomic E-state index is 11.1. The summed E-state index contributed by atoms with van der Waals surface area (Å²) < 4.78 is 163. The summed E-state index contributed by atoms with van der Waals surface area (Å²) in [5.74, 6) is 1.24. The molecule has 101 heavy (non-hydrogen) atoms. The molecule has 612 valence electrons. The van der Waals surface area contributed by atoms with Crippen molar-refractivity contribution >= 4 is 118 Å². The zero-order valence-corrected chi connectivity index (χ0v) is 67.6. The summed E-state index contributed by atoms with van der Waals surface area (Å²) in [7, 11) is -64.0. The minimum atomic E-state index is -4.88. The van der Waals surface area contributed by atoms with Crippen LogP contribution < -0.4 is 5.32 Å². The number of morpholine rings is 1. The maximum Gasteiger partial charge on any atom is 0.355 e. The molecular formula is C34H96N8O44P14S. The number of ether oxygens (including phenoxy) is 2. The Morgan fingerprint density at radius 3 is 0.881 bits per heavy atom. The summed E-state index contributed by atoms with van der Waals surface area (Å²) >= 11 is 1.59. The predicted octanol–water partition coefficient (Wildman–Crippen LogP) is -3.67. The van der Waals surface area contributed by atoms with Crippen molar-refractivity contribution in [3.05, 3.63) is 0 Å². The van der Waals surface area contributed by atoms with Gasteiger partial charge in [-0.2, -0.15) is 11.8 Å². The van der Waals surface area contributed by atoms with E-state index in [0.29, 0.717) is 50.3 Å². The minimum absolute atomic E-state index is 0.0703. The third-order valence-electron chi connectivity index (χ3n) is 12.3. The topological polar surface area (TPSA) is 859 Å². The molecule has 0 spiro atoms. The van der Waals surface area contributed by atoms with Gasteiger partial charge in [0, 0.05) is 70.6 Å². The molecule has 0 aliphatic carbocycles. The third-order valence-corrected chi connectivity index (χ3v) is 39.3. The molecule has 4 heterocycles. The second-order valence-corrected chi connectivity index (χ2v) is 49.0. The van der Waals surface area contributed by atoms with Gasteiger partial charge >= 0.3 is 106 Å². The lowest BCUT2D eigenvalue weighted by molar-refractivity contribution is -0.0158. The maximum atomic E-state index is 11.1. The van der Waals surface area contributed by atoms with Crippen molar-refractivity contribution in [3.8, 4) is 0 Å². The standard InChI is InChI=1S/C7H19NO6P2.2C5H13NO7P2.C5H13NO6P2S.C5H15NO6P2.C4H12N2O6P2.C3H11NO6P2/c1-3-5-8(6-4-2)7(15(9,10)11)16(12,13)14;7-14(8,9)5(15(10,11)12)6-1-3-13-4-2-6;7-14(8,9)5(15(10,11)12)6-2-1-3-13-4-6;7-13(8,9)5(14(10,11)12)6-1-3-15-4-2-6;1-3-4-6(2)5(13(7,8)9)14(10,11)12;7-13(8,9)4(14(10,11)12)6-2-1-5-3-6;1-4(2)3(11(5,6)7)12(8,9)10/h7H,3-6H2,1-2H3,(H2,9,10,11)(H2,12,13,14);3*5H,1-4H2,(H2,7,8,9)(H2,10,11,12);5H,3-4H2,1-2H3,(H2,7,8,9)(H2,10,11,12);4-5H,1-3H2,(H2,7,8,9)(H2,10,11,12);3H,1-2H3,(H2,5,6,7)(H2,8,9,10). The number of nitrogens with zero attached hydrogens (tertiary/aromatic N) is 7. The van der Waals surface area contributed by atoms with E-state index in [0.717, 1.165) is 24.5 Å². The first-order chi connectivity index (χ1) is 44.7. The Balaban J connectivity index is -0.00000111. The zero-order chi connectivity index (χ0) is 80.8. The van der Waals surface area contributed by atoms with Crippen LogP contribution in [-0.4, -0.2) is 341 Å². The summed E-state index contributed by atoms with van der Waals surface area (Å²) in [5.41, 5.74) is -14.2. The molecule has 0 bridgehead atoms. The van der Waals surface area contributed by atoms with Gasteiger partial charge in [0.1, 0.15) is 6.73 Å². The zero-order valence-electron chi connectivity index (χ0n) is 54.2. The normalized spacial score (nSPS) is 18.0. The average molecular weight is 1790 g/mol. The largest absolute Gasteiger partial charge is 0.379 e. The van der Waals surface area contributed by atoms with Crippen molar-refractivity contribution in [1.29, 1.82) is 0 Å². The van der Waals surface area contributed by atoms with Crippen LogP contribution in [0.2, 0.25) is 0 Å². The fraction of sp³-hybridized carbons (Fsp3) is 1.00. The van der Waals surface area contributed by atoms with Gasteiger partial charge in [0.05, 0.1) is 13.2 Å². The van der Waals surface area contributed by atoms with Gasteiger partial charge in [0.25, 0.3) is 0 Å². The smallest absolute Gasteiger partial charge is 0.355 e. The van der Waals surface area contributed by atoms with Crippen molar-refractivity contribution < 1.29 is 210 Å². The van der Waals surface area contributed by atoms with E-state index in [9.17, 15) is 63.9 Å². The number of hydrogen-bond acceptors (Lipinski definition) is 25. The van der Waals surface area contributed by atoms with Crippen LogP contribution in [0.1, 0.15) is 46.5 Å². The van der Waals surface area contributed by atoms with E-state index in [1.54, 1.807) is 32.5 Å². The van der Waals surface area contributed by atoms with Crippen LogP contribution in [0.25, 0.3) is 0 Å². The summed E-state index contributed by atoms with van der Waals surface area (Å²) in [4.78, 5) is 255. The quantitative estimate of drug-likeness (QED) is 0.0352. The molecule has 0 aromatic carbocycles. The van der Waals surface area contributed by atoms with Gasteiger partial charge in [-0.1, -0.05) is 20.8 Å². The number of nitrogens with one attached hydrogen (secondary N) is 1. The molecule has 29 N–H and O–H groups in total. The van der Waals surface area contributed by atoms with Crippen molar-refractivity contribution in [2.75, 3.05) is 131 Å². The Hall–Kier alpha value is 2.05. The first-order valence-electron chi connectivity index (χ1n) is 28.0. The van der Waals surface area contributed by atoms with E-state index in [2.05, 4.69) is 5.32 Å². The lowest BCUT2D eigenvalue weighted by Gasteiger charge is -2.34. The summed E-state index contributed by atoms with van der Waals surface area (Å²) in [6.45, 7) is 8.34. The first-order valence-corrected chi connectivity index (χ1v) is 52.7. The molecule has 4 aliphatic heterocycles.